The van der Waals surface area contributed by atoms with Crippen molar-refractivity contribution in [1.29, 1.82) is 0 Å². The highest BCUT2D eigenvalue weighted by atomic mass is 16.3. The van der Waals surface area contributed by atoms with Gasteiger partial charge in [0.15, 0.2) is 5.78 Å². The van der Waals surface area contributed by atoms with Gasteiger partial charge in [-0.15, -0.1) is 0 Å². The molecule has 0 amide bonds. The van der Waals surface area contributed by atoms with Gasteiger partial charge in [0.2, 0.25) is 0 Å². The molecule has 0 aromatic heterocycles. The summed E-state index contributed by atoms with van der Waals surface area (Å²) in [6, 6.07) is 6.71. The molecular formula is C17H28N2O2. The third-order valence-electron chi connectivity index (χ3n) is 3.58. The molecule has 21 heavy (non-hydrogen) atoms. The van der Waals surface area contributed by atoms with Crippen LogP contribution in [0.1, 0.15) is 49.9 Å². The lowest BCUT2D eigenvalue weighted by molar-refractivity contribution is 0.0639. The highest BCUT2D eigenvalue weighted by Gasteiger charge is 2.20. The van der Waals surface area contributed by atoms with E-state index in [4.69, 9.17) is 5.73 Å². The second-order valence-electron chi connectivity index (χ2n) is 5.51. The van der Waals surface area contributed by atoms with E-state index in [-0.39, 0.29) is 5.78 Å². The average molecular weight is 292 g/mol. The summed E-state index contributed by atoms with van der Waals surface area (Å²) in [5.41, 5.74) is 6.75. The van der Waals surface area contributed by atoms with Crippen LogP contribution >= 0.6 is 0 Å². The molecule has 4 nitrogen and oxygen atoms in total. The number of rotatable bonds is 10. The van der Waals surface area contributed by atoms with Crippen molar-refractivity contribution in [3.05, 3.63) is 29.8 Å². The number of ketones is 1. The van der Waals surface area contributed by atoms with Crippen LogP contribution in [-0.4, -0.2) is 41.5 Å². The summed E-state index contributed by atoms with van der Waals surface area (Å²) in [5.74, 6) is -0.229. The third kappa shape index (κ3) is 6.27. The fourth-order valence-corrected chi connectivity index (χ4v) is 2.23. The first-order valence-electron chi connectivity index (χ1n) is 7.88. The van der Waals surface area contributed by atoms with Gasteiger partial charge in [0.05, 0.1) is 0 Å². The smallest absolute Gasteiger partial charge is 0.192 e. The molecule has 1 atom stereocenters. The Hall–Kier alpha value is -1.39. The van der Waals surface area contributed by atoms with Crippen LogP contribution in [0.5, 0.6) is 0 Å². The lowest BCUT2D eigenvalue weighted by Gasteiger charge is -2.24. The molecule has 0 saturated carbocycles. The number of unbranched alkanes of at least 4 members (excludes halogenated alkanes) is 2. The summed E-state index contributed by atoms with van der Waals surface area (Å²) in [6.07, 6.45) is 3.44. The summed E-state index contributed by atoms with van der Waals surface area (Å²) in [4.78, 5) is 14.4. The molecule has 118 valence electrons. The van der Waals surface area contributed by atoms with Crippen LogP contribution in [-0.2, 0) is 0 Å². The van der Waals surface area contributed by atoms with Crippen molar-refractivity contribution in [3.8, 4) is 0 Å². The maximum Gasteiger partial charge on any atom is 0.192 e. The van der Waals surface area contributed by atoms with Crippen molar-refractivity contribution >= 4 is 11.5 Å². The minimum Gasteiger partial charge on any atom is -0.399 e. The zero-order chi connectivity index (χ0) is 15.7. The Morgan fingerprint density at radius 3 is 2.14 bits per heavy atom. The minimum atomic E-state index is -0.970. The van der Waals surface area contributed by atoms with E-state index >= 15 is 0 Å². The van der Waals surface area contributed by atoms with Crippen LogP contribution in [0.25, 0.3) is 0 Å². The first kappa shape index (κ1) is 17.7. The molecule has 0 heterocycles. The monoisotopic (exact) mass is 292 g/mol. The van der Waals surface area contributed by atoms with Crippen LogP contribution in [0.4, 0.5) is 5.69 Å². The molecule has 0 bridgehead atoms. The number of benzene rings is 1. The number of hydrogen-bond acceptors (Lipinski definition) is 4. The first-order valence-corrected chi connectivity index (χ1v) is 7.88. The van der Waals surface area contributed by atoms with E-state index in [2.05, 4.69) is 18.7 Å². The highest BCUT2D eigenvalue weighted by Crippen LogP contribution is 2.10. The van der Waals surface area contributed by atoms with Gasteiger partial charge in [0.1, 0.15) is 6.10 Å². The van der Waals surface area contributed by atoms with E-state index in [1.165, 1.54) is 0 Å². The van der Waals surface area contributed by atoms with Gasteiger partial charge >= 0.3 is 0 Å². The number of nitrogens with two attached hydrogens (primary N) is 1. The number of Topliss-reactive ketones (excluding diaryl/α,β-unsaturated/α-hetero) is 1. The Bertz CT molecular complexity index is 409. The second kappa shape index (κ2) is 9.53. The number of hydrogen-bond donors (Lipinski definition) is 2. The predicted molar refractivity (Wildman–Crippen MR) is 87.4 cm³/mol. The number of nitrogen functional groups attached to an aromatic ring is 1. The quantitative estimate of drug-likeness (QED) is 0.514. The number of anilines is 1. The van der Waals surface area contributed by atoms with E-state index in [1.807, 2.05) is 0 Å². The van der Waals surface area contributed by atoms with Gasteiger partial charge in [-0.25, -0.2) is 0 Å². The van der Waals surface area contributed by atoms with Crippen LogP contribution in [0.15, 0.2) is 24.3 Å². The van der Waals surface area contributed by atoms with E-state index in [9.17, 15) is 9.90 Å². The lowest BCUT2D eigenvalue weighted by atomic mass is 10.1. The van der Waals surface area contributed by atoms with Gasteiger partial charge < -0.3 is 15.7 Å². The van der Waals surface area contributed by atoms with E-state index in [0.29, 0.717) is 17.8 Å². The van der Waals surface area contributed by atoms with E-state index in [0.717, 1.165) is 38.8 Å². The molecule has 0 aliphatic rings. The number of aliphatic hydroxyl groups excluding tert-OH is 1. The molecule has 3 N–H and O–H groups in total. The summed E-state index contributed by atoms with van der Waals surface area (Å²) >= 11 is 0. The molecule has 0 saturated heterocycles. The van der Waals surface area contributed by atoms with Crippen LogP contribution in [0, 0.1) is 0 Å². The predicted octanol–water partition coefficient (Wildman–Crippen LogP) is 2.71. The van der Waals surface area contributed by atoms with Crippen molar-refractivity contribution < 1.29 is 9.90 Å². The van der Waals surface area contributed by atoms with Crippen molar-refractivity contribution in [2.24, 2.45) is 0 Å². The third-order valence-corrected chi connectivity index (χ3v) is 3.58. The normalized spacial score (nSPS) is 12.6. The average Bonchev–Trinajstić information content (AvgIpc) is 2.49. The molecule has 1 rings (SSSR count). The lowest BCUT2D eigenvalue weighted by Crippen LogP contribution is -2.38. The molecular weight excluding hydrogens is 264 g/mol. The molecule has 0 spiro atoms. The Kier molecular flexibility index (Phi) is 8.01. The highest BCUT2D eigenvalue weighted by molar-refractivity contribution is 5.99. The Morgan fingerprint density at radius 2 is 1.67 bits per heavy atom. The Labute approximate surface area is 128 Å². The SMILES string of the molecule is CCCCN(CCCC)CC(O)C(=O)c1ccc(N)cc1. The van der Waals surface area contributed by atoms with Crippen molar-refractivity contribution in [2.75, 3.05) is 25.4 Å². The van der Waals surface area contributed by atoms with Gasteiger partial charge in [-0.1, -0.05) is 26.7 Å². The van der Waals surface area contributed by atoms with E-state index < -0.39 is 6.10 Å². The zero-order valence-electron chi connectivity index (χ0n) is 13.2. The topological polar surface area (TPSA) is 66.6 Å². The molecule has 0 radical (unpaired) electrons. The maximum atomic E-state index is 12.2. The van der Waals surface area contributed by atoms with Crippen LogP contribution in [0.3, 0.4) is 0 Å². The standard InChI is InChI=1S/C17H28N2O2/c1-3-5-11-19(12-6-4-2)13-16(20)17(21)14-7-9-15(18)10-8-14/h7-10,16,20H,3-6,11-13,18H2,1-2H3. The maximum absolute atomic E-state index is 12.2. The molecule has 1 aromatic carbocycles. The van der Waals surface area contributed by atoms with E-state index in [1.54, 1.807) is 24.3 Å². The number of carbonyl (C=O) groups is 1. The van der Waals surface area contributed by atoms with Gasteiger partial charge in [0, 0.05) is 17.8 Å². The second-order valence-corrected chi connectivity index (χ2v) is 5.51. The Morgan fingerprint density at radius 1 is 1.14 bits per heavy atom. The fourth-order valence-electron chi connectivity index (χ4n) is 2.23. The summed E-state index contributed by atoms with van der Waals surface area (Å²) in [6.45, 7) is 6.57. The first-order chi connectivity index (χ1) is 10.1. The zero-order valence-corrected chi connectivity index (χ0v) is 13.2. The molecule has 1 aromatic rings. The molecule has 0 fully saturated rings. The summed E-state index contributed by atoms with van der Waals surface area (Å²) < 4.78 is 0. The number of carbonyl (C=O) groups excluding carboxylic acids is 1. The van der Waals surface area contributed by atoms with Crippen molar-refractivity contribution in [3.63, 3.8) is 0 Å². The summed E-state index contributed by atoms with van der Waals surface area (Å²) in [7, 11) is 0. The summed E-state index contributed by atoms with van der Waals surface area (Å²) in [5, 5.41) is 10.2. The van der Waals surface area contributed by atoms with Crippen LogP contribution in [0.2, 0.25) is 0 Å². The van der Waals surface area contributed by atoms with Crippen molar-refractivity contribution in [2.45, 2.75) is 45.6 Å². The minimum absolute atomic E-state index is 0.229. The van der Waals surface area contributed by atoms with Gasteiger partial charge in [0.25, 0.3) is 0 Å². The number of aliphatic hydroxyl groups is 1. The van der Waals surface area contributed by atoms with Gasteiger partial charge in [-0.3, -0.25) is 4.79 Å². The molecule has 0 aliphatic carbocycles. The van der Waals surface area contributed by atoms with Gasteiger partial charge in [-0.2, -0.15) is 0 Å². The van der Waals surface area contributed by atoms with Gasteiger partial charge in [-0.05, 0) is 50.2 Å². The van der Waals surface area contributed by atoms with Crippen LogP contribution < -0.4 is 5.73 Å². The Balaban J connectivity index is 2.59. The molecule has 4 heteroatoms. The fraction of sp³-hybridized carbons (Fsp3) is 0.588. The molecule has 1 unspecified atom stereocenters. The molecule has 0 aliphatic heterocycles. The van der Waals surface area contributed by atoms with Crippen molar-refractivity contribution in [1.82, 2.24) is 4.90 Å². The number of nitrogens with zero attached hydrogens (tertiary/aromatic N) is 1. The largest absolute Gasteiger partial charge is 0.399 e.